The number of hydrogen-bond acceptors (Lipinski definition) is 5. The van der Waals surface area contributed by atoms with Gasteiger partial charge in [-0.25, -0.2) is 4.98 Å². The number of ether oxygens (including phenoxy) is 1. The smallest absolute Gasteiger partial charge is 0.318 e. The molecule has 1 saturated heterocycles. The second-order valence-electron chi connectivity index (χ2n) is 3.99. The number of anilines is 1. The SMILES string of the molecule is CCC1CNCCN1c1nc(OC)ncc1Cl. The fraction of sp³-hybridized carbons (Fsp3) is 0.636. The minimum atomic E-state index is 0.359. The number of piperazine rings is 1. The third-order valence-corrected chi connectivity index (χ3v) is 3.25. The fourth-order valence-electron chi connectivity index (χ4n) is 2.05. The van der Waals surface area contributed by atoms with E-state index in [-0.39, 0.29) is 0 Å². The van der Waals surface area contributed by atoms with Gasteiger partial charge in [0, 0.05) is 25.7 Å². The third kappa shape index (κ3) is 2.61. The molecule has 0 amide bonds. The monoisotopic (exact) mass is 256 g/mol. The van der Waals surface area contributed by atoms with E-state index in [1.165, 1.54) is 0 Å². The Kier molecular flexibility index (Phi) is 4.02. The predicted molar refractivity (Wildman–Crippen MR) is 67.9 cm³/mol. The first-order valence-corrected chi connectivity index (χ1v) is 6.18. The first-order valence-electron chi connectivity index (χ1n) is 5.80. The summed E-state index contributed by atoms with van der Waals surface area (Å²) in [6.45, 7) is 4.97. The average Bonchev–Trinajstić information content (AvgIpc) is 2.39. The maximum atomic E-state index is 6.17. The quantitative estimate of drug-likeness (QED) is 0.884. The molecule has 1 fully saturated rings. The molecule has 1 unspecified atom stereocenters. The fourth-order valence-corrected chi connectivity index (χ4v) is 2.25. The Morgan fingerprint density at radius 3 is 3.18 bits per heavy atom. The van der Waals surface area contributed by atoms with Gasteiger partial charge in [0.15, 0.2) is 5.82 Å². The first-order chi connectivity index (χ1) is 8.26. The van der Waals surface area contributed by atoms with Crippen LogP contribution < -0.4 is 15.0 Å². The van der Waals surface area contributed by atoms with Crippen LogP contribution in [-0.2, 0) is 0 Å². The molecule has 94 valence electrons. The van der Waals surface area contributed by atoms with Crippen molar-refractivity contribution in [3.05, 3.63) is 11.2 Å². The second-order valence-corrected chi connectivity index (χ2v) is 4.40. The number of halogens is 1. The van der Waals surface area contributed by atoms with Crippen LogP contribution in [0.4, 0.5) is 5.82 Å². The summed E-state index contributed by atoms with van der Waals surface area (Å²) in [6, 6.07) is 0.777. The lowest BCUT2D eigenvalue weighted by molar-refractivity contribution is 0.377. The van der Waals surface area contributed by atoms with E-state index < -0.39 is 0 Å². The Bertz CT molecular complexity index is 388. The molecule has 2 heterocycles. The summed E-state index contributed by atoms with van der Waals surface area (Å²) in [7, 11) is 1.56. The molecule has 6 heteroatoms. The molecule has 0 spiro atoms. The van der Waals surface area contributed by atoms with Gasteiger partial charge in [-0.1, -0.05) is 18.5 Å². The lowest BCUT2D eigenvalue weighted by atomic mass is 10.1. The van der Waals surface area contributed by atoms with Gasteiger partial charge >= 0.3 is 6.01 Å². The van der Waals surface area contributed by atoms with Gasteiger partial charge in [0.05, 0.1) is 13.3 Å². The van der Waals surface area contributed by atoms with Gasteiger partial charge in [-0.15, -0.1) is 0 Å². The van der Waals surface area contributed by atoms with E-state index in [2.05, 4.69) is 27.1 Å². The van der Waals surface area contributed by atoms with Crippen molar-refractivity contribution >= 4 is 17.4 Å². The molecule has 0 aromatic carbocycles. The summed E-state index contributed by atoms with van der Waals surface area (Å²) < 4.78 is 5.05. The molecule has 1 aromatic rings. The van der Waals surface area contributed by atoms with Crippen LogP contribution >= 0.6 is 11.6 Å². The van der Waals surface area contributed by atoms with E-state index in [1.54, 1.807) is 13.3 Å². The number of aromatic nitrogens is 2. The van der Waals surface area contributed by atoms with Crippen LogP contribution in [0.3, 0.4) is 0 Å². The van der Waals surface area contributed by atoms with Crippen molar-refractivity contribution in [3.63, 3.8) is 0 Å². The summed E-state index contributed by atoms with van der Waals surface area (Å²) >= 11 is 6.17. The van der Waals surface area contributed by atoms with Crippen molar-refractivity contribution < 1.29 is 4.74 Å². The lowest BCUT2D eigenvalue weighted by Gasteiger charge is -2.36. The van der Waals surface area contributed by atoms with Crippen LogP contribution in [0.2, 0.25) is 5.02 Å². The van der Waals surface area contributed by atoms with Gasteiger partial charge < -0.3 is 15.0 Å². The van der Waals surface area contributed by atoms with Crippen LogP contribution in [0, 0.1) is 0 Å². The molecule has 0 radical (unpaired) electrons. The Hall–Kier alpha value is -1.07. The molecule has 0 saturated carbocycles. The largest absolute Gasteiger partial charge is 0.467 e. The van der Waals surface area contributed by atoms with Crippen LogP contribution in [0.25, 0.3) is 0 Å². The van der Waals surface area contributed by atoms with Gasteiger partial charge in [-0.2, -0.15) is 4.98 Å². The van der Waals surface area contributed by atoms with Crippen molar-refractivity contribution in [2.24, 2.45) is 0 Å². The number of nitrogens with one attached hydrogen (secondary N) is 1. The highest BCUT2D eigenvalue weighted by molar-refractivity contribution is 6.32. The van der Waals surface area contributed by atoms with Crippen molar-refractivity contribution in [3.8, 4) is 6.01 Å². The number of hydrogen-bond donors (Lipinski definition) is 1. The highest BCUT2D eigenvalue weighted by atomic mass is 35.5. The molecular formula is C11H17ClN4O. The van der Waals surface area contributed by atoms with Crippen LogP contribution in [-0.4, -0.2) is 42.8 Å². The molecule has 17 heavy (non-hydrogen) atoms. The van der Waals surface area contributed by atoms with Gasteiger partial charge in [-0.3, -0.25) is 0 Å². The zero-order chi connectivity index (χ0) is 12.3. The maximum absolute atomic E-state index is 6.17. The van der Waals surface area contributed by atoms with Gasteiger partial charge in [0.2, 0.25) is 0 Å². The van der Waals surface area contributed by atoms with Crippen molar-refractivity contribution in [2.75, 3.05) is 31.6 Å². The minimum absolute atomic E-state index is 0.359. The Morgan fingerprint density at radius 2 is 2.47 bits per heavy atom. The summed E-state index contributed by atoms with van der Waals surface area (Å²) in [5, 5.41) is 3.95. The van der Waals surface area contributed by atoms with E-state index in [1.807, 2.05) is 0 Å². The van der Waals surface area contributed by atoms with E-state index >= 15 is 0 Å². The number of methoxy groups -OCH3 is 1. The Labute approximate surface area is 106 Å². The van der Waals surface area contributed by atoms with E-state index in [9.17, 15) is 0 Å². The predicted octanol–water partition coefficient (Wildman–Crippen LogP) is 1.33. The zero-order valence-corrected chi connectivity index (χ0v) is 10.9. The molecular weight excluding hydrogens is 240 g/mol. The van der Waals surface area contributed by atoms with Crippen molar-refractivity contribution in [1.82, 2.24) is 15.3 Å². The summed E-state index contributed by atoms with van der Waals surface area (Å²) in [5.41, 5.74) is 0. The van der Waals surface area contributed by atoms with Crippen molar-refractivity contribution in [2.45, 2.75) is 19.4 Å². The zero-order valence-electron chi connectivity index (χ0n) is 10.1. The highest BCUT2D eigenvalue weighted by Gasteiger charge is 2.24. The molecule has 1 N–H and O–H groups in total. The van der Waals surface area contributed by atoms with Crippen LogP contribution in [0.1, 0.15) is 13.3 Å². The lowest BCUT2D eigenvalue weighted by Crippen LogP contribution is -2.51. The summed E-state index contributed by atoms with van der Waals surface area (Å²) in [5.74, 6) is 0.770. The molecule has 1 aromatic heterocycles. The molecule has 2 rings (SSSR count). The van der Waals surface area contributed by atoms with Crippen LogP contribution in [0.5, 0.6) is 6.01 Å². The Morgan fingerprint density at radius 1 is 1.65 bits per heavy atom. The number of rotatable bonds is 3. The van der Waals surface area contributed by atoms with E-state index in [0.29, 0.717) is 17.1 Å². The summed E-state index contributed by atoms with van der Waals surface area (Å²) in [6.07, 6.45) is 2.65. The molecule has 1 atom stereocenters. The van der Waals surface area contributed by atoms with Crippen LogP contribution in [0.15, 0.2) is 6.20 Å². The first kappa shape index (κ1) is 12.4. The van der Waals surface area contributed by atoms with E-state index in [4.69, 9.17) is 16.3 Å². The van der Waals surface area contributed by atoms with Gasteiger partial charge in [-0.05, 0) is 6.42 Å². The third-order valence-electron chi connectivity index (χ3n) is 2.98. The Balaban J connectivity index is 2.30. The molecule has 1 aliphatic heterocycles. The highest BCUT2D eigenvalue weighted by Crippen LogP contribution is 2.27. The summed E-state index contributed by atoms with van der Waals surface area (Å²) in [4.78, 5) is 10.6. The molecule has 0 aliphatic carbocycles. The normalized spacial score (nSPS) is 20.4. The minimum Gasteiger partial charge on any atom is -0.467 e. The van der Waals surface area contributed by atoms with Crippen molar-refractivity contribution in [1.29, 1.82) is 0 Å². The van der Waals surface area contributed by atoms with Gasteiger partial charge in [0.1, 0.15) is 5.02 Å². The molecule has 0 bridgehead atoms. The molecule has 5 nitrogen and oxygen atoms in total. The van der Waals surface area contributed by atoms with Gasteiger partial charge in [0.25, 0.3) is 0 Å². The number of nitrogens with zero attached hydrogens (tertiary/aromatic N) is 3. The average molecular weight is 257 g/mol. The second kappa shape index (κ2) is 5.51. The topological polar surface area (TPSA) is 50.3 Å². The standard InChI is InChI=1S/C11H17ClN4O/c1-3-8-6-13-4-5-16(8)10-9(12)7-14-11(15-10)17-2/h7-8,13H,3-6H2,1-2H3. The maximum Gasteiger partial charge on any atom is 0.318 e. The van der Waals surface area contributed by atoms with E-state index in [0.717, 1.165) is 31.9 Å². The molecule has 1 aliphatic rings.